The molecule has 0 saturated heterocycles. The van der Waals surface area contributed by atoms with E-state index in [1.54, 1.807) is 0 Å². The maximum absolute atomic E-state index is 13.2. The molecule has 0 radical (unpaired) electrons. The van der Waals surface area contributed by atoms with Crippen molar-refractivity contribution in [3.8, 4) is 0 Å². The lowest BCUT2D eigenvalue weighted by Gasteiger charge is -2.15. The zero-order chi connectivity index (χ0) is 12.1. The van der Waals surface area contributed by atoms with E-state index < -0.39 is 17.8 Å². The molecule has 2 nitrogen and oxygen atoms in total. The van der Waals surface area contributed by atoms with E-state index in [0.717, 1.165) is 12.5 Å². The molecule has 0 fully saturated rings. The lowest BCUT2D eigenvalue weighted by atomic mass is 10.1. The molecular weight excluding hydrogens is 219 g/mol. The number of amides is 1. The highest BCUT2D eigenvalue weighted by Gasteiger charge is 2.25. The second-order valence-electron chi connectivity index (χ2n) is 3.63. The Kier molecular flexibility index (Phi) is 4.58. The van der Waals surface area contributed by atoms with Gasteiger partial charge in [0.1, 0.15) is 0 Å². The highest BCUT2D eigenvalue weighted by atomic mass is 19.2. The van der Waals surface area contributed by atoms with Crippen molar-refractivity contribution in [2.24, 2.45) is 0 Å². The van der Waals surface area contributed by atoms with E-state index in [1.807, 2.05) is 6.92 Å². The Hall–Kier alpha value is -1.26. The van der Waals surface area contributed by atoms with Gasteiger partial charge in [-0.25, -0.2) is 13.2 Å². The summed E-state index contributed by atoms with van der Waals surface area (Å²) < 4.78 is 38.7. The Balaban J connectivity index is 2.59. The average Bonchev–Trinajstić information content (AvgIpc) is 2.27. The largest absolute Gasteiger partial charge is 0.324 e. The molecule has 0 bridgehead atoms. The normalized spacial score (nSPS) is 20.8. The van der Waals surface area contributed by atoms with Gasteiger partial charge in [0.05, 0.1) is 5.70 Å². The molecule has 0 aromatic carbocycles. The lowest BCUT2D eigenvalue weighted by Crippen LogP contribution is -2.25. The number of carbonyl (C=O) groups excluding carboxylic acids is 1. The number of allylic oxidation sites excluding steroid dienone is 3. The van der Waals surface area contributed by atoms with Crippen molar-refractivity contribution in [1.82, 2.24) is 5.32 Å². The van der Waals surface area contributed by atoms with Crippen LogP contribution in [0.15, 0.2) is 23.4 Å². The predicted molar refractivity (Wildman–Crippen MR) is 54.5 cm³/mol. The fraction of sp³-hybridized carbons (Fsp3) is 0.545. The van der Waals surface area contributed by atoms with Crippen LogP contribution in [-0.4, -0.2) is 12.1 Å². The van der Waals surface area contributed by atoms with Gasteiger partial charge in [0.2, 0.25) is 5.91 Å². The maximum atomic E-state index is 13.2. The summed E-state index contributed by atoms with van der Waals surface area (Å²) in [5, 5.41) is 2.24. The molecule has 1 rings (SSSR count). The third kappa shape index (κ3) is 3.12. The van der Waals surface area contributed by atoms with Crippen molar-refractivity contribution in [1.29, 1.82) is 0 Å². The van der Waals surface area contributed by atoms with Gasteiger partial charge in [0, 0.05) is 12.8 Å². The molecule has 1 amide bonds. The third-order valence-corrected chi connectivity index (χ3v) is 2.28. The first kappa shape index (κ1) is 12.8. The van der Waals surface area contributed by atoms with Crippen LogP contribution in [0.2, 0.25) is 0 Å². The third-order valence-electron chi connectivity index (χ3n) is 2.28. The van der Waals surface area contributed by atoms with Crippen LogP contribution in [0.4, 0.5) is 13.2 Å². The Morgan fingerprint density at radius 1 is 1.56 bits per heavy atom. The molecule has 1 N–H and O–H groups in total. The summed E-state index contributed by atoms with van der Waals surface area (Å²) in [5.74, 6) is -3.12. The van der Waals surface area contributed by atoms with Crippen molar-refractivity contribution in [2.75, 3.05) is 0 Å². The van der Waals surface area contributed by atoms with Gasteiger partial charge >= 0.3 is 0 Å². The van der Waals surface area contributed by atoms with E-state index in [2.05, 4.69) is 5.32 Å². The molecule has 0 aromatic rings. The molecule has 0 heterocycles. The Labute approximate surface area is 92.2 Å². The summed E-state index contributed by atoms with van der Waals surface area (Å²) in [4.78, 5) is 11.2. The minimum absolute atomic E-state index is 0.247. The molecule has 0 aromatic heterocycles. The maximum Gasteiger partial charge on any atom is 0.224 e. The second kappa shape index (κ2) is 5.72. The van der Waals surface area contributed by atoms with Gasteiger partial charge in [0.15, 0.2) is 17.8 Å². The molecule has 1 aliphatic carbocycles. The molecule has 1 unspecified atom stereocenters. The quantitative estimate of drug-likeness (QED) is 0.794. The second-order valence-corrected chi connectivity index (χ2v) is 3.63. The molecule has 5 heteroatoms. The van der Waals surface area contributed by atoms with Gasteiger partial charge < -0.3 is 5.32 Å². The first-order chi connectivity index (χ1) is 7.56. The van der Waals surface area contributed by atoms with Gasteiger partial charge in [-0.3, -0.25) is 4.79 Å². The van der Waals surface area contributed by atoms with Gasteiger partial charge in [-0.1, -0.05) is 19.4 Å². The molecule has 16 heavy (non-hydrogen) atoms. The topological polar surface area (TPSA) is 29.1 Å². The number of unbranched alkanes of at least 4 members (excludes halogenated alkanes) is 1. The molecule has 0 saturated carbocycles. The number of hydrogen-bond donors (Lipinski definition) is 1. The highest BCUT2D eigenvalue weighted by molar-refractivity contribution is 5.78. The molecular formula is C11H14F3NO. The van der Waals surface area contributed by atoms with E-state index in [1.165, 1.54) is 0 Å². The van der Waals surface area contributed by atoms with Crippen molar-refractivity contribution < 1.29 is 18.0 Å². The van der Waals surface area contributed by atoms with Crippen LogP contribution in [0.5, 0.6) is 0 Å². The summed E-state index contributed by atoms with van der Waals surface area (Å²) in [6, 6.07) is 0. The zero-order valence-electron chi connectivity index (χ0n) is 9.03. The number of carbonyl (C=O) groups is 1. The SMILES string of the molecule is CCCCC(=O)NC1=CCC(F)C(F)=C1F. The van der Waals surface area contributed by atoms with Gasteiger partial charge in [0.25, 0.3) is 0 Å². The van der Waals surface area contributed by atoms with Crippen LogP contribution in [-0.2, 0) is 4.79 Å². The standard InChI is InChI=1S/C11H14F3NO/c1-2-3-4-9(16)15-8-6-5-7(12)10(13)11(8)14/h6-7H,2-5H2,1H3,(H,15,16). The minimum atomic E-state index is -1.93. The molecule has 1 aliphatic rings. The van der Waals surface area contributed by atoms with Gasteiger partial charge in [-0.15, -0.1) is 0 Å². The minimum Gasteiger partial charge on any atom is -0.324 e. The number of nitrogens with one attached hydrogen (secondary N) is 1. The van der Waals surface area contributed by atoms with E-state index in [4.69, 9.17) is 0 Å². The lowest BCUT2D eigenvalue weighted by molar-refractivity contribution is -0.120. The predicted octanol–water partition coefficient (Wildman–Crippen LogP) is 3.07. The highest BCUT2D eigenvalue weighted by Crippen LogP contribution is 2.28. The average molecular weight is 233 g/mol. The monoisotopic (exact) mass is 233 g/mol. The van der Waals surface area contributed by atoms with Crippen LogP contribution in [0.3, 0.4) is 0 Å². The van der Waals surface area contributed by atoms with E-state index >= 15 is 0 Å². The summed E-state index contributed by atoms with van der Waals surface area (Å²) in [7, 11) is 0. The number of alkyl halides is 1. The van der Waals surface area contributed by atoms with E-state index in [0.29, 0.717) is 6.42 Å². The molecule has 90 valence electrons. The van der Waals surface area contributed by atoms with Crippen molar-refractivity contribution in [3.05, 3.63) is 23.4 Å². The number of halogens is 3. The molecule has 0 spiro atoms. The Morgan fingerprint density at radius 2 is 2.25 bits per heavy atom. The fourth-order valence-corrected chi connectivity index (χ4v) is 1.34. The van der Waals surface area contributed by atoms with E-state index in [-0.39, 0.29) is 24.4 Å². The fourth-order valence-electron chi connectivity index (χ4n) is 1.34. The van der Waals surface area contributed by atoms with Crippen molar-refractivity contribution in [3.63, 3.8) is 0 Å². The zero-order valence-corrected chi connectivity index (χ0v) is 9.03. The van der Waals surface area contributed by atoms with Crippen molar-refractivity contribution >= 4 is 5.91 Å². The summed E-state index contributed by atoms with van der Waals surface area (Å²) >= 11 is 0. The number of rotatable bonds is 4. The van der Waals surface area contributed by atoms with E-state index in [9.17, 15) is 18.0 Å². The first-order valence-electron chi connectivity index (χ1n) is 5.25. The molecule has 0 aliphatic heterocycles. The summed E-state index contributed by atoms with van der Waals surface area (Å²) in [6.45, 7) is 1.92. The van der Waals surface area contributed by atoms with Crippen LogP contribution in [0.1, 0.15) is 32.6 Å². The van der Waals surface area contributed by atoms with Crippen LogP contribution >= 0.6 is 0 Å². The van der Waals surface area contributed by atoms with Crippen LogP contribution in [0, 0.1) is 0 Å². The first-order valence-corrected chi connectivity index (χ1v) is 5.25. The van der Waals surface area contributed by atoms with Crippen molar-refractivity contribution in [2.45, 2.75) is 38.8 Å². The van der Waals surface area contributed by atoms with Crippen LogP contribution < -0.4 is 5.32 Å². The van der Waals surface area contributed by atoms with Gasteiger partial charge in [-0.2, -0.15) is 0 Å². The Morgan fingerprint density at radius 3 is 2.88 bits per heavy atom. The van der Waals surface area contributed by atoms with Crippen LogP contribution in [0.25, 0.3) is 0 Å². The van der Waals surface area contributed by atoms with Gasteiger partial charge in [-0.05, 0) is 6.42 Å². The number of hydrogen-bond acceptors (Lipinski definition) is 1. The smallest absolute Gasteiger partial charge is 0.224 e. The summed E-state index contributed by atoms with van der Waals surface area (Å²) in [6.07, 6.45) is 0.748. The Bertz CT molecular complexity index is 336. The molecule has 1 atom stereocenters. The summed E-state index contributed by atoms with van der Waals surface area (Å²) in [5.41, 5.74) is -0.257.